The number of hydrogen-bond acceptors (Lipinski definition) is 2. The number of aliphatic hydroxyl groups is 1. The van der Waals surface area contributed by atoms with E-state index < -0.39 is 17.7 Å². The lowest BCUT2D eigenvalue weighted by atomic mass is 10.0. The molecule has 100 valence electrons. The molecule has 0 fully saturated rings. The number of ether oxygens (including phenoxy) is 1. The summed E-state index contributed by atoms with van der Waals surface area (Å²) in [7, 11) is 1.32. The SMILES string of the molecule is COc1cc(C(O)c2ccc(Cl)cc2F)ccc1F. The molecule has 2 aromatic rings. The van der Waals surface area contributed by atoms with Crippen LogP contribution in [0.25, 0.3) is 0 Å². The Bertz CT molecular complexity index is 602. The highest BCUT2D eigenvalue weighted by atomic mass is 35.5. The van der Waals surface area contributed by atoms with E-state index in [0.29, 0.717) is 5.56 Å². The van der Waals surface area contributed by atoms with E-state index in [2.05, 4.69) is 0 Å². The van der Waals surface area contributed by atoms with E-state index in [9.17, 15) is 13.9 Å². The van der Waals surface area contributed by atoms with Gasteiger partial charge in [0.25, 0.3) is 0 Å². The van der Waals surface area contributed by atoms with Crippen molar-refractivity contribution < 1.29 is 18.6 Å². The van der Waals surface area contributed by atoms with Gasteiger partial charge in [0, 0.05) is 10.6 Å². The molecule has 2 rings (SSSR count). The third-order valence-electron chi connectivity index (χ3n) is 2.75. The first-order valence-electron chi connectivity index (χ1n) is 5.49. The van der Waals surface area contributed by atoms with Gasteiger partial charge in [-0.3, -0.25) is 0 Å². The maximum atomic E-state index is 13.7. The first kappa shape index (κ1) is 13.8. The zero-order chi connectivity index (χ0) is 14.0. The van der Waals surface area contributed by atoms with Crippen LogP contribution in [0.5, 0.6) is 5.75 Å². The molecule has 2 aromatic carbocycles. The monoisotopic (exact) mass is 284 g/mol. The predicted octanol–water partition coefficient (Wildman–Crippen LogP) is 3.71. The van der Waals surface area contributed by atoms with Gasteiger partial charge in [0.05, 0.1) is 7.11 Å². The molecule has 5 heteroatoms. The van der Waals surface area contributed by atoms with Gasteiger partial charge >= 0.3 is 0 Å². The molecule has 1 atom stereocenters. The van der Waals surface area contributed by atoms with Crippen LogP contribution in [0.3, 0.4) is 0 Å². The summed E-state index contributed by atoms with van der Waals surface area (Å²) in [5.41, 5.74) is 0.400. The number of methoxy groups -OCH3 is 1. The largest absolute Gasteiger partial charge is 0.494 e. The maximum absolute atomic E-state index is 13.7. The van der Waals surface area contributed by atoms with Crippen molar-refractivity contribution in [2.75, 3.05) is 7.11 Å². The fourth-order valence-electron chi connectivity index (χ4n) is 1.75. The van der Waals surface area contributed by atoms with Crippen LogP contribution in [-0.2, 0) is 0 Å². The van der Waals surface area contributed by atoms with E-state index >= 15 is 0 Å². The van der Waals surface area contributed by atoms with Crippen LogP contribution in [0.2, 0.25) is 5.02 Å². The standard InChI is InChI=1S/C14H11ClF2O2/c1-19-13-6-8(2-5-11(13)16)14(18)10-4-3-9(15)7-12(10)17/h2-7,14,18H,1H3. The smallest absolute Gasteiger partial charge is 0.165 e. The van der Waals surface area contributed by atoms with Crippen LogP contribution < -0.4 is 4.74 Å². The van der Waals surface area contributed by atoms with Crippen LogP contribution in [0.15, 0.2) is 36.4 Å². The number of aliphatic hydroxyl groups excluding tert-OH is 1. The van der Waals surface area contributed by atoms with Crippen LogP contribution in [0.4, 0.5) is 8.78 Å². The molecule has 1 N–H and O–H groups in total. The van der Waals surface area contributed by atoms with Gasteiger partial charge in [0.1, 0.15) is 11.9 Å². The summed E-state index contributed by atoms with van der Waals surface area (Å²) in [6.45, 7) is 0. The van der Waals surface area contributed by atoms with E-state index in [1.165, 1.54) is 31.4 Å². The van der Waals surface area contributed by atoms with Crippen LogP contribution in [0.1, 0.15) is 17.2 Å². The van der Waals surface area contributed by atoms with Gasteiger partial charge in [-0.1, -0.05) is 23.7 Å². The predicted molar refractivity (Wildman–Crippen MR) is 68.4 cm³/mol. The molecule has 19 heavy (non-hydrogen) atoms. The Morgan fingerprint density at radius 3 is 2.47 bits per heavy atom. The fraction of sp³-hybridized carbons (Fsp3) is 0.143. The molecule has 0 heterocycles. The molecular formula is C14H11ClF2O2. The van der Waals surface area contributed by atoms with Crippen LogP contribution in [-0.4, -0.2) is 12.2 Å². The second-order valence-electron chi connectivity index (χ2n) is 3.96. The van der Waals surface area contributed by atoms with E-state index in [4.69, 9.17) is 16.3 Å². The lowest BCUT2D eigenvalue weighted by molar-refractivity contribution is 0.214. The van der Waals surface area contributed by atoms with Gasteiger partial charge < -0.3 is 9.84 Å². The van der Waals surface area contributed by atoms with Gasteiger partial charge in [-0.15, -0.1) is 0 Å². The Labute approximate surface area is 114 Å². The number of rotatable bonds is 3. The second-order valence-corrected chi connectivity index (χ2v) is 4.40. The average molecular weight is 285 g/mol. The lowest BCUT2D eigenvalue weighted by Crippen LogP contribution is -2.03. The highest BCUT2D eigenvalue weighted by molar-refractivity contribution is 6.30. The highest BCUT2D eigenvalue weighted by Gasteiger charge is 2.17. The summed E-state index contributed by atoms with van der Waals surface area (Å²) in [4.78, 5) is 0. The Kier molecular flexibility index (Phi) is 4.02. The van der Waals surface area contributed by atoms with Crippen molar-refractivity contribution in [1.82, 2.24) is 0 Å². The highest BCUT2D eigenvalue weighted by Crippen LogP contribution is 2.29. The molecule has 0 saturated heterocycles. The van der Waals surface area contributed by atoms with E-state index in [-0.39, 0.29) is 16.3 Å². The minimum atomic E-state index is -1.22. The van der Waals surface area contributed by atoms with Crippen molar-refractivity contribution >= 4 is 11.6 Å². The Morgan fingerprint density at radius 2 is 1.84 bits per heavy atom. The minimum absolute atomic E-state index is 0.00841. The first-order valence-corrected chi connectivity index (χ1v) is 5.87. The quantitative estimate of drug-likeness (QED) is 0.931. The third-order valence-corrected chi connectivity index (χ3v) is 2.98. The molecule has 0 aliphatic rings. The number of hydrogen-bond donors (Lipinski definition) is 1. The summed E-state index contributed by atoms with van der Waals surface area (Å²) in [6, 6.07) is 7.83. The molecule has 0 aliphatic heterocycles. The molecule has 0 spiro atoms. The second kappa shape index (κ2) is 5.55. The Morgan fingerprint density at radius 1 is 1.11 bits per heavy atom. The molecule has 0 amide bonds. The zero-order valence-corrected chi connectivity index (χ0v) is 10.8. The van der Waals surface area contributed by atoms with Crippen molar-refractivity contribution in [3.8, 4) is 5.75 Å². The molecule has 0 bridgehead atoms. The normalized spacial score (nSPS) is 12.3. The lowest BCUT2D eigenvalue weighted by Gasteiger charge is -2.14. The number of halogens is 3. The van der Waals surface area contributed by atoms with Gasteiger partial charge in [-0.05, 0) is 29.8 Å². The van der Waals surface area contributed by atoms with Crippen molar-refractivity contribution in [2.24, 2.45) is 0 Å². The van der Waals surface area contributed by atoms with Gasteiger partial charge in [0.15, 0.2) is 11.6 Å². The summed E-state index contributed by atoms with van der Waals surface area (Å²) in [6.07, 6.45) is -1.22. The van der Waals surface area contributed by atoms with Crippen LogP contribution >= 0.6 is 11.6 Å². The maximum Gasteiger partial charge on any atom is 0.165 e. The molecule has 0 saturated carbocycles. The molecule has 1 unspecified atom stereocenters. The summed E-state index contributed by atoms with van der Waals surface area (Å²) >= 11 is 5.64. The fourth-order valence-corrected chi connectivity index (χ4v) is 1.91. The Hall–Kier alpha value is -1.65. The summed E-state index contributed by atoms with van der Waals surface area (Å²) in [5, 5.41) is 10.4. The van der Waals surface area contributed by atoms with Crippen molar-refractivity contribution in [3.63, 3.8) is 0 Å². The van der Waals surface area contributed by atoms with Gasteiger partial charge in [0.2, 0.25) is 0 Å². The molecule has 0 aliphatic carbocycles. The molecule has 0 radical (unpaired) electrons. The van der Waals surface area contributed by atoms with Crippen molar-refractivity contribution in [2.45, 2.75) is 6.10 Å². The summed E-state index contributed by atoms with van der Waals surface area (Å²) in [5.74, 6) is -1.18. The zero-order valence-electron chi connectivity index (χ0n) is 10.0. The number of benzene rings is 2. The van der Waals surface area contributed by atoms with E-state index in [0.717, 1.165) is 12.1 Å². The van der Waals surface area contributed by atoms with Crippen molar-refractivity contribution in [1.29, 1.82) is 0 Å². The molecule has 2 nitrogen and oxygen atoms in total. The van der Waals surface area contributed by atoms with E-state index in [1.807, 2.05) is 0 Å². The summed E-state index contributed by atoms with van der Waals surface area (Å²) < 4.78 is 31.8. The van der Waals surface area contributed by atoms with E-state index in [1.54, 1.807) is 0 Å². The van der Waals surface area contributed by atoms with Crippen LogP contribution in [0, 0.1) is 11.6 Å². The first-order chi connectivity index (χ1) is 9.02. The minimum Gasteiger partial charge on any atom is -0.494 e. The van der Waals surface area contributed by atoms with Crippen molar-refractivity contribution in [3.05, 3.63) is 64.2 Å². The third kappa shape index (κ3) is 2.85. The topological polar surface area (TPSA) is 29.5 Å². The molecule has 0 aromatic heterocycles. The Balaban J connectivity index is 2.40. The molecular weight excluding hydrogens is 274 g/mol. The van der Waals surface area contributed by atoms with Gasteiger partial charge in [-0.25, -0.2) is 8.78 Å². The van der Waals surface area contributed by atoms with Gasteiger partial charge in [-0.2, -0.15) is 0 Å². The average Bonchev–Trinajstić information content (AvgIpc) is 2.38.